The molecule has 3 rings (SSSR count). The summed E-state index contributed by atoms with van der Waals surface area (Å²) < 4.78 is 10.7. The van der Waals surface area contributed by atoms with Crippen molar-refractivity contribution in [3.63, 3.8) is 0 Å². The molecular weight excluding hydrogens is 278 g/mol. The number of rotatable bonds is 5. The summed E-state index contributed by atoms with van der Waals surface area (Å²) in [5.74, 6) is 1.85. The quantitative estimate of drug-likeness (QED) is 0.916. The average Bonchev–Trinajstić information content (AvgIpc) is 3.11. The van der Waals surface area contributed by atoms with Crippen molar-refractivity contribution in [2.75, 3.05) is 44.7 Å². The highest BCUT2D eigenvalue weighted by atomic mass is 16.5. The zero-order valence-electron chi connectivity index (χ0n) is 12.9. The van der Waals surface area contributed by atoms with Crippen molar-refractivity contribution >= 4 is 5.69 Å². The first kappa shape index (κ1) is 14.9. The van der Waals surface area contributed by atoms with Crippen LogP contribution in [0.4, 0.5) is 5.69 Å². The van der Waals surface area contributed by atoms with Crippen LogP contribution in [-0.2, 0) is 0 Å². The zero-order chi connectivity index (χ0) is 15.4. The molecule has 22 heavy (non-hydrogen) atoms. The predicted molar refractivity (Wildman–Crippen MR) is 87.3 cm³/mol. The van der Waals surface area contributed by atoms with E-state index in [0.29, 0.717) is 6.54 Å². The molecule has 1 aliphatic rings. The maximum Gasteiger partial charge on any atom is 0.122 e. The Hall–Kier alpha value is -1.98. The summed E-state index contributed by atoms with van der Waals surface area (Å²) >= 11 is 0. The van der Waals surface area contributed by atoms with Gasteiger partial charge in [0.2, 0.25) is 0 Å². The number of anilines is 1. The Labute approximate surface area is 131 Å². The van der Waals surface area contributed by atoms with Crippen LogP contribution in [0.3, 0.4) is 0 Å². The van der Waals surface area contributed by atoms with Crippen LogP contribution in [0.25, 0.3) is 0 Å². The van der Waals surface area contributed by atoms with Gasteiger partial charge < -0.3 is 19.8 Å². The van der Waals surface area contributed by atoms with E-state index < -0.39 is 0 Å². The number of nitrogens with two attached hydrogens (primary N) is 1. The molecule has 1 fully saturated rings. The van der Waals surface area contributed by atoms with Crippen molar-refractivity contribution in [1.29, 1.82) is 0 Å². The standard InChI is InChI=1S/C17H23N3O2/c1-21-15-6-4-14(5-7-15)19-8-10-20(11-9-19)16(13-18)17-3-2-12-22-17/h2-7,12,16H,8-11,13,18H2,1H3/t16-/m1/s1. The van der Waals surface area contributed by atoms with E-state index in [9.17, 15) is 0 Å². The summed E-state index contributed by atoms with van der Waals surface area (Å²) in [5.41, 5.74) is 7.18. The molecule has 0 unspecified atom stereocenters. The van der Waals surface area contributed by atoms with Crippen molar-refractivity contribution in [1.82, 2.24) is 4.90 Å². The summed E-state index contributed by atoms with van der Waals surface area (Å²) in [7, 11) is 1.69. The molecule has 0 aliphatic carbocycles. The minimum Gasteiger partial charge on any atom is -0.497 e. The summed E-state index contributed by atoms with van der Waals surface area (Å²) in [6, 6.07) is 12.3. The molecule has 2 aromatic rings. The number of ether oxygens (including phenoxy) is 1. The number of hydrogen-bond donors (Lipinski definition) is 1. The first-order valence-electron chi connectivity index (χ1n) is 7.68. The van der Waals surface area contributed by atoms with Crippen LogP contribution < -0.4 is 15.4 Å². The van der Waals surface area contributed by atoms with Gasteiger partial charge in [-0.25, -0.2) is 0 Å². The maximum absolute atomic E-state index is 5.94. The van der Waals surface area contributed by atoms with E-state index >= 15 is 0 Å². The summed E-state index contributed by atoms with van der Waals surface area (Å²) in [6.45, 7) is 4.52. The second-order valence-electron chi connectivity index (χ2n) is 5.49. The largest absolute Gasteiger partial charge is 0.497 e. The van der Waals surface area contributed by atoms with E-state index in [0.717, 1.165) is 37.7 Å². The fourth-order valence-electron chi connectivity index (χ4n) is 3.01. The highest BCUT2D eigenvalue weighted by Crippen LogP contribution is 2.25. The van der Waals surface area contributed by atoms with Crippen LogP contribution >= 0.6 is 0 Å². The maximum atomic E-state index is 5.94. The van der Waals surface area contributed by atoms with Crippen LogP contribution in [-0.4, -0.2) is 44.7 Å². The Balaban J connectivity index is 1.61. The fraction of sp³-hybridized carbons (Fsp3) is 0.412. The Bertz CT molecular complexity index is 560. The van der Waals surface area contributed by atoms with Crippen molar-refractivity contribution in [2.45, 2.75) is 6.04 Å². The van der Waals surface area contributed by atoms with E-state index in [2.05, 4.69) is 21.9 Å². The molecule has 0 saturated carbocycles. The topological polar surface area (TPSA) is 54.9 Å². The minimum atomic E-state index is 0.174. The number of nitrogens with zero attached hydrogens (tertiary/aromatic N) is 2. The third kappa shape index (κ3) is 3.10. The van der Waals surface area contributed by atoms with Gasteiger partial charge in [-0.15, -0.1) is 0 Å². The first-order chi connectivity index (χ1) is 10.8. The molecule has 1 aromatic heterocycles. The number of piperazine rings is 1. The number of furan rings is 1. The average molecular weight is 301 g/mol. The lowest BCUT2D eigenvalue weighted by Gasteiger charge is -2.39. The highest BCUT2D eigenvalue weighted by Gasteiger charge is 2.25. The third-order valence-corrected chi connectivity index (χ3v) is 4.29. The lowest BCUT2D eigenvalue weighted by molar-refractivity contribution is 0.169. The van der Waals surface area contributed by atoms with Crippen LogP contribution in [0, 0.1) is 0 Å². The van der Waals surface area contributed by atoms with Gasteiger partial charge in [-0.05, 0) is 36.4 Å². The number of hydrogen-bond acceptors (Lipinski definition) is 5. The first-order valence-corrected chi connectivity index (χ1v) is 7.68. The smallest absolute Gasteiger partial charge is 0.122 e. The molecule has 118 valence electrons. The minimum absolute atomic E-state index is 0.174. The van der Waals surface area contributed by atoms with Gasteiger partial charge in [0.1, 0.15) is 11.5 Å². The fourth-order valence-corrected chi connectivity index (χ4v) is 3.01. The SMILES string of the molecule is COc1ccc(N2CCN([C@H](CN)c3ccco3)CC2)cc1. The Kier molecular flexibility index (Phi) is 4.65. The molecule has 0 bridgehead atoms. The van der Waals surface area contributed by atoms with E-state index in [1.54, 1.807) is 13.4 Å². The van der Waals surface area contributed by atoms with Gasteiger partial charge in [-0.1, -0.05) is 0 Å². The molecule has 1 atom stereocenters. The van der Waals surface area contributed by atoms with E-state index in [1.165, 1.54) is 5.69 Å². The third-order valence-electron chi connectivity index (χ3n) is 4.29. The van der Waals surface area contributed by atoms with E-state index in [1.807, 2.05) is 24.3 Å². The van der Waals surface area contributed by atoms with Crippen molar-refractivity contribution in [2.24, 2.45) is 5.73 Å². The van der Waals surface area contributed by atoms with Gasteiger partial charge >= 0.3 is 0 Å². The predicted octanol–water partition coefficient (Wildman–Crippen LogP) is 2.11. The molecule has 0 spiro atoms. The summed E-state index contributed by atoms with van der Waals surface area (Å²) in [6.07, 6.45) is 1.71. The molecular formula is C17H23N3O2. The Morgan fingerprint density at radius 3 is 2.41 bits per heavy atom. The van der Waals surface area contributed by atoms with Crippen LogP contribution in [0.5, 0.6) is 5.75 Å². The monoisotopic (exact) mass is 301 g/mol. The number of methoxy groups -OCH3 is 1. The van der Waals surface area contributed by atoms with Gasteiger partial charge in [-0.2, -0.15) is 0 Å². The van der Waals surface area contributed by atoms with Crippen LogP contribution in [0.2, 0.25) is 0 Å². The molecule has 1 aliphatic heterocycles. The van der Waals surface area contributed by atoms with Gasteiger partial charge in [0, 0.05) is 38.4 Å². The summed E-state index contributed by atoms with van der Waals surface area (Å²) in [4.78, 5) is 4.80. The van der Waals surface area contributed by atoms with E-state index in [-0.39, 0.29) is 6.04 Å². The number of benzene rings is 1. The van der Waals surface area contributed by atoms with Crippen LogP contribution in [0.1, 0.15) is 11.8 Å². The second kappa shape index (κ2) is 6.85. The molecule has 2 N–H and O–H groups in total. The molecule has 5 nitrogen and oxygen atoms in total. The zero-order valence-corrected chi connectivity index (χ0v) is 12.9. The van der Waals surface area contributed by atoms with Crippen molar-refractivity contribution in [3.8, 4) is 5.75 Å². The van der Waals surface area contributed by atoms with Gasteiger partial charge in [-0.3, -0.25) is 4.90 Å². The van der Waals surface area contributed by atoms with Crippen LogP contribution in [0.15, 0.2) is 47.1 Å². The Morgan fingerprint density at radius 2 is 1.86 bits per heavy atom. The summed E-state index contributed by atoms with van der Waals surface area (Å²) in [5, 5.41) is 0. The van der Waals surface area contributed by atoms with Crippen molar-refractivity contribution in [3.05, 3.63) is 48.4 Å². The Morgan fingerprint density at radius 1 is 1.14 bits per heavy atom. The lowest BCUT2D eigenvalue weighted by Crippen LogP contribution is -2.49. The molecule has 2 heterocycles. The normalized spacial score (nSPS) is 17.5. The van der Waals surface area contributed by atoms with Gasteiger partial charge in [0.15, 0.2) is 0 Å². The van der Waals surface area contributed by atoms with Gasteiger partial charge in [0.05, 0.1) is 19.4 Å². The van der Waals surface area contributed by atoms with Crippen molar-refractivity contribution < 1.29 is 9.15 Å². The molecule has 1 saturated heterocycles. The molecule has 5 heteroatoms. The lowest BCUT2D eigenvalue weighted by atomic mass is 10.1. The van der Waals surface area contributed by atoms with Gasteiger partial charge in [0.25, 0.3) is 0 Å². The highest BCUT2D eigenvalue weighted by molar-refractivity contribution is 5.49. The molecule has 0 amide bonds. The second-order valence-corrected chi connectivity index (χ2v) is 5.49. The molecule has 1 aromatic carbocycles. The van der Waals surface area contributed by atoms with E-state index in [4.69, 9.17) is 14.9 Å². The molecule has 0 radical (unpaired) electrons.